The Kier molecular flexibility index (Phi) is 7.26. The molecule has 72 valence electrons. The van der Waals surface area contributed by atoms with Gasteiger partial charge in [0.1, 0.15) is 0 Å². The number of rotatable bonds is 6. The average molecular weight is 192 g/mol. The first-order valence-corrected chi connectivity index (χ1v) is 5.04. The molecule has 0 aromatic carbocycles. The lowest BCUT2D eigenvalue weighted by atomic mass is 10.2. The maximum absolute atomic E-state index is 10.8. The van der Waals surface area contributed by atoms with Crippen LogP contribution in [0.3, 0.4) is 0 Å². The molecule has 0 rings (SSSR count). The molecule has 0 aliphatic carbocycles. The highest BCUT2D eigenvalue weighted by Gasteiger charge is 2.07. The summed E-state index contributed by atoms with van der Waals surface area (Å²) in [5, 5.41) is -0.312. The molecule has 0 fully saturated rings. The highest BCUT2D eigenvalue weighted by molar-refractivity contribution is 6.62. The maximum atomic E-state index is 10.8. The van der Waals surface area contributed by atoms with E-state index in [1.165, 1.54) is 12.8 Å². The predicted octanol–water partition coefficient (Wildman–Crippen LogP) is 3.25. The van der Waals surface area contributed by atoms with E-state index in [1.807, 2.05) is 6.92 Å². The summed E-state index contributed by atoms with van der Waals surface area (Å²) in [5.74, 6) is 0. The van der Waals surface area contributed by atoms with E-state index in [9.17, 15) is 4.79 Å². The Morgan fingerprint density at radius 2 is 1.83 bits per heavy atom. The van der Waals surface area contributed by atoms with Crippen molar-refractivity contribution < 1.29 is 4.79 Å². The van der Waals surface area contributed by atoms with Crippen molar-refractivity contribution in [2.45, 2.75) is 39.5 Å². The van der Waals surface area contributed by atoms with Gasteiger partial charge in [0, 0.05) is 13.1 Å². The molecule has 0 unspecified atom stereocenters. The Balaban J connectivity index is 3.56. The monoisotopic (exact) mass is 191 g/mol. The summed E-state index contributed by atoms with van der Waals surface area (Å²) in [4.78, 5) is 12.5. The molecule has 2 nitrogen and oxygen atoms in total. The molecular weight excluding hydrogens is 174 g/mol. The van der Waals surface area contributed by atoms with Crippen LogP contribution < -0.4 is 0 Å². The zero-order valence-corrected chi connectivity index (χ0v) is 8.73. The molecule has 0 atom stereocenters. The third kappa shape index (κ3) is 5.42. The van der Waals surface area contributed by atoms with Crippen LogP contribution in [-0.2, 0) is 0 Å². The van der Waals surface area contributed by atoms with Gasteiger partial charge in [0.2, 0.25) is 0 Å². The second-order valence-corrected chi connectivity index (χ2v) is 3.27. The van der Waals surface area contributed by atoms with Crippen molar-refractivity contribution in [3.8, 4) is 0 Å². The number of amides is 1. The van der Waals surface area contributed by atoms with Crippen molar-refractivity contribution in [3.63, 3.8) is 0 Å². The summed E-state index contributed by atoms with van der Waals surface area (Å²) in [6, 6.07) is 0. The van der Waals surface area contributed by atoms with E-state index in [1.54, 1.807) is 4.90 Å². The molecule has 0 N–H and O–H groups in total. The Bertz CT molecular complexity index is 128. The molecule has 0 spiro atoms. The van der Waals surface area contributed by atoms with Gasteiger partial charge < -0.3 is 4.90 Å². The van der Waals surface area contributed by atoms with Gasteiger partial charge in [0.05, 0.1) is 0 Å². The maximum Gasteiger partial charge on any atom is 0.316 e. The van der Waals surface area contributed by atoms with Crippen LogP contribution in [0.4, 0.5) is 4.79 Å². The van der Waals surface area contributed by atoms with Crippen molar-refractivity contribution in [1.29, 1.82) is 0 Å². The number of hydrogen-bond donors (Lipinski definition) is 0. The minimum atomic E-state index is -0.312. The van der Waals surface area contributed by atoms with Crippen LogP contribution in [0.5, 0.6) is 0 Å². The van der Waals surface area contributed by atoms with Crippen LogP contribution in [0.15, 0.2) is 0 Å². The van der Waals surface area contributed by atoms with Crippen LogP contribution in [0.2, 0.25) is 0 Å². The Labute approximate surface area is 79.9 Å². The molecule has 0 aliphatic rings. The van der Waals surface area contributed by atoms with Crippen LogP contribution >= 0.6 is 11.6 Å². The second-order valence-electron chi connectivity index (χ2n) is 2.95. The third-order valence-corrected chi connectivity index (χ3v) is 2.01. The van der Waals surface area contributed by atoms with E-state index in [-0.39, 0.29) is 5.37 Å². The van der Waals surface area contributed by atoms with Crippen LogP contribution in [0, 0.1) is 0 Å². The molecule has 12 heavy (non-hydrogen) atoms. The minimum Gasteiger partial charge on any atom is -0.329 e. The largest absolute Gasteiger partial charge is 0.329 e. The smallest absolute Gasteiger partial charge is 0.316 e. The lowest BCUT2D eigenvalue weighted by Crippen LogP contribution is -2.28. The van der Waals surface area contributed by atoms with Gasteiger partial charge in [-0.25, -0.2) is 0 Å². The molecule has 0 bridgehead atoms. The SMILES string of the molecule is CCCCCN(CCC)C(=O)Cl. The second kappa shape index (κ2) is 7.41. The summed E-state index contributed by atoms with van der Waals surface area (Å²) in [6.07, 6.45) is 4.39. The highest BCUT2D eigenvalue weighted by atomic mass is 35.5. The zero-order chi connectivity index (χ0) is 9.40. The van der Waals surface area contributed by atoms with E-state index in [0.717, 1.165) is 25.9 Å². The van der Waals surface area contributed by atoms with Crippen molar-refractivity contribution in [1.82, 2.24) is 4.90 Å². The summed E-state index contributed by atoms with van der Waals surface area (Å²) in [7, 11) is 0. The number of hydrogen-bond acceptors (Lipinski definition) is 1. The van der Waals surface area contributed by atoms with Gasteiger partial charge in [-0.05, 0) is 24.4 Å². The zero-order valence-electron chi connectivity index (χ0n) is 7.98. The molecule has 1 amide bonds. The van der Waals surface area contributed by atoms with Gasteiger partial charge >= 0.3 is 5.37 Å². The van der Waals surface area contributed by atoms with Crippen molar-refractivity contribution in [2.24, 2.45) is 0 Å². The fraction of sp³-hybridized carbons (Fsp3) is 0.889. The molecular formula is C9H18ClNO. The van der Waals surface area contributed by atoms with Crippen LogP contribution in [-0.4, -0.2) is 23.4 Å². The summed E-state index contributed by atoms with van der Waals surface area (Å²) in [5.41, 5.74) is 0. The van der Waals surface area contributed by atoms with Gasteiger partial charge in [-0.1, -0.05) is 26.7 Å². The van der Waals surface area contributed by atoms with Gasteiger partial charge in [0.25, 0.3) is 0 Å². The molecule has 0 heterocycles. The lowest BCUT2D eigenvalue weighted by molar-refractivity contribution is 0.220. The van der Waals surface area contributed by atoms with Crippen LogP contribution in [0.1, 0.15) is 39.5 Å². The predicted molar refractivity (Wildman–Crippen MR) is 52.6 cm³/mol. The first kappa shape index (κ1) is 11.8. The van der Waals surface area contributed by atoms with E-state index in [2.05, 4.69) is 6.92 Å². The van der Waals surface area contributed by atoms with Crippen LogP contribution in [0.25, 0.3) is 0 Å². The molecule has 0 aromatic rings. The summed E-state index contributed by atoms with van der Waals surface area (Å²) < 4.78 is 0. The van der Waals surface area contributed by atoms with E-state index in [4.69, 9.17) is 11.6 Å². The van der Waals surface area contributed by atoms with Gasteiger partial charge in [-0.15, -0.1) is 0 Å². The molecule has 0 aromatic heterocycles. The highest BCUT2D eigenvalue weighted by Crippen LogP contribution is 2.02. The average Bonchev–Trinajstić information content (AvgIpc) is 2.03. The van der Waals surface area contributed by atoms with E-state index < -0.39 is 0 Å². The standard InChI is InChI=1S/C9H18ClNO/c1-3-5-6-8-11(7-4-2)9(10)12/h3-8H2,1-2H3. The normalized spacial score (nSPS) is 9.92. The topological polar surface area (TPSA) is 20.3 Å². The molecule has 0 radical (unpaired) electrons. The Morgan fingerprint density at radius 1 is 1.17 bits per heavy atom. The minimum absolute atomic E-state index is 0.312. The summed E-state index contributed by atoms with van der Waals surface area (Å²) >= 11 is 5.39. The van der Waals surface area contributed by atoms with E-state index >= 15 is 0 Å². The number of halogens is 1. The first-order valence-electron chi connectivity index (χ1n) is 4.66. The van der Waals surface area contributed by atoms with Crippen molar-refractivity contribution in [3.05, 3.63) is 0 Å². The Morgan fingerprint density at radius 3 is 2.25 bits per heavy atom. The third-order valence-electron chi connectivity index (χ3n) is 1.77. The molecule has 3 heteroatoms. The molecule has 0 saturated carbocycles. The summed E-state index contributed by atoms with van der Waals surface area (Å²) in [6.45, 7) is 5.79. The fourth-order valence-corrected chi connectivity index (χ4v) is 1.28. The first-order chi connectivity index (χ1) is 5.72. The van der Waals surface area contributed by atoms with Gasteiger partial charge in [-0.2, -0.15) is 0 Å². The van der Waals surface area contributed by atoms with Gasteiger partial charge in [-0.3, -0.25) is 4.79 Å². The van der Waals surface area contributed by atoms with Crippen molar-refractivity contribution in [2.75, 3.05) is 13.1 Å². The quantitative estimate of drug-likeness (QED) is 0.359. The van der Waals surface area contributed by atoms with Gasteiger partial charge in [0.15, 0.2) is 0 Å². The molecule has 0 saturated heterocycles. The fourth-order valence-electron chi connectivity index (χ4n) is 1.11. The Hall–Kier alpha value is -0.240. The number of unbranched alkanes of at least 4 members (excludes halogenated alkanes) is 2. The lowest BCUT2D eigenvalue weighted by Gasteiger charge is -2.18. The number of nitrogens with zero attached hydrogens (tertiary/aromatic N) is 1. The molecule has 0 aliphatic heterocycles. The van der Waals surface area contributed by atoms with Crippen molar-refractivity contribution >= 4 is 17.0 Å². The number of carbonyl (C=O) groups excluding carboxylic acids is 1. The van der Waals surface area contributed by atoms with E-state index in [0.29, 0.717) is 0 Å². The number of carbonyl (C=O) groups is 1.